The zero-order chi connectivity index (χ0) is 17.1. The highest BCUT2D eigenvalue weighted by molar-refractivity contribution is 7.90. The number of hydrogen-bond acceptors (Lipinski definition) is 7. The van der Waals surface area contributed by atoms with E-state index in [4.69, 9.17) is 10.00 Å². The van der Waals surface area contributed by atoms with Crippen LogP contribution in [0.15, 0.2) is 23.1 Å². The summed E-state index contributed by atoms with van der Waals surface area (Å²) < 4.78 is 27.7. The number of nitro groups is 1. The lowest BCUT2D eigenvalue weighted by molar-refractivity contribution is -0.385. The number of ether oxygens (including phenoxy) is 1. The van der Waals surface area contributed by atoms with Gasteiger partial charge < -0.3 is 4.74 Å². The number of esters is 1. The van der Waals surface area contributed by atoms with Crippen LogP contribution in [0, 0.1) is 33.3 Å². The summed E-state index contributed by atoms with van der Waals surface area (Å²) in [4.78, 5) is 21.7. The first-order valence-electron chi connectivity index (χ1n) is 6.17. The van der Waals surface area contributed by atoms with Gasteiger partial charge in [-0.2, -0.15) is 5.26 Å². The number of benzene rings is 1. The Hall–Kier alpha value is -2.47. The van der Waals surface area contributed by atoms with E-state index in [1.54, 1.807) is 19.9 Å². The third-order valence-electron chi connectivity index (χ3n) is 2.83. The largest absolute Gasteiger partial charge is 0.418 e. The second kappa shape index (κ2) is 6.53. The minimum atomic E-state index is -3.64. The summed E-state index contributed by atoms with van der Waals surface area (Å²) in [7, 11) is -3.64. The molecule has 0 amide bonds. The van der Waals surface area contributed by atoms with E-state index in [-0.39, 0.29) is 10.8 Å². The molecule has 1 unspecified atom stereocenters. The Labute approximate surface area is 127 Å². The number of carbonyl (C=O) groups is 1. The number of nitro benzene ring substituents is 1. The Bertz CT molecular complexity index is 748. The molecule has 0 fully saturated rings. The minimum absolute atomic E-state index is 0.264. The van der Waals surface area contributed by atoms with E-state index in [9.17, 15) is 23.3 Å². The highest BCUT2D eigenvalue weighted by Crippen LogP contribution is 2.30. The lowest BCUT2D eigenvalue weighted by Crippen LogP contribution is -2.24. The predicted molar refractivity (Wildman–Crippen MR) is 75.8 cm³/mol. The van der Waals surface area contributed by atoms with Crippen LogP contribution < -0.4 is 4.74 Å². The first-order valence-corrected chi connectivity index (χ1v) is 8.07. The van der Waals surface area contributed by atoms with Crippen molar-refractivity contribution < 1.29 is 22.9 Å². The van der Waals surface area contributed by atoms with Crippen LogP contribution in [0.3, 0.4) is 0 Å². The summed E-state index contributed by atoms with van der Waals surface area (Å²) in [5.74, 6) is -2.72. The molecule has 0 saturated carbocycles. The normalized spacial score (nSPS) is 12.5. The predicted octanol–water partition coefficient (Wildman–Crippen LogP) is 1.70. The average Bonchev–Trinajstić information content (AvgIpc) is 2.37. The maximum atomic E-state index is 11.9. The maximum Gasteiger partial charge on any atom is 0.329 e. The highest BCUT2D eigenvalue weighted by Gasteiger charge is 2.27. The quantitative estimate of drug-likeness (QED) is 0.348. The maximum absolute atomic E-state index is 11.9. The zero-order valence-electron chi connectivity index (χ0n) is 12.1. The molecular weight excluding hydrogens is 312 g/mol. The van der Waals surface area contributed by atoms with Crippen molar-refractivity contribution in [3.8, 4) is 11.8 Å². The van der Waals surface area contributed by atoms with E-state index in [0.717, 1.165) is 24.5 Å². The van der Waals surface area contributed by atoms with Gasteiger partial charge in [0.1, 0.15) is 5.92 Å². The van der Waals surface area contributed by atoms with Crippen LogP contribution in [0.5, 0.6) is 5.75 Å². The van der Waals surface area contributed by atoms with Gasteiger partial charge >= 0.3 is 11.7 Å². The van der Waals surface area contributed by atoms with E-state index < -0.39 is 38.1 Å². The second-order valence-electron chi connectivity index (χ2n) is 4.93. The molecule has 9 heteroatoms. The van der Waals surface area contributed by atoms with Gasteiger partial charge in [-0.05, 0) is 18.1 Å². The van der Waals surface area contributed by atoms with Crippen molar-refractivity contribution in [1.29, 1.82) is 5.26 Å². The van der Waals surface area contributed by atoms with E-state index in [1.807, 2.05) is 0 Å². The number of carbonyl (C=O) groups excluding carboxylic acids is 1. The van der Waals surface area contributed by atoms with Crippen molar-refractivity contribution in [2.45, 2.75) is 18.7 Å². The molecule has 0 saturated heterocycles. The Morgan fingerprint density at radius 3 is 2.41 bits per heavy atom. The SMILES string of the molecule is CC(C)C(C#N)C(=O)Oc1ccc(S(C)(=O)=O)cc1[N+](=O)[O-]. The van der Waals surface area contributed by atoms with Crippen molar-refractivity contribution >= 4 is 21.5 Å². The molecule has 0 aromatic heterocycles. The molecule has 8 nitrogen and oxygen atoms in total. The topological polar surface area (TPSA) is 127 Å². The van der Waals surface area contributed by atoms with Crippen molar-refractivity contribution in [3.05, 3.63) is 28.3 Å². The molecular formula is C13H14N2O6S. The standard InChI is InChI=1S/C13H14N2O6S/c1-8(2)10(7-14)13(16)21-12-5-4-9(22(3,19)20)6-11(12)15(17)18/h4-6,8,10H,1-3H3. The van der Waals surface area contributed by atoms with Gasteiger partial charge in [0.15, 0.2) is 9.84 Å². The molecule has 0 N–H and O–H groups in total. The molecule has 1 aromatic rings. The zero-order valence-corrected chi connectivity index (χ0v) is 13.0. The number of rotatable bonds is 5. The number of nitrogens with zero attached hydrogens (tertiary/aromatic N) is 2. The van der Waals surface area contributed by atoms with Crippen molar-refractivity contribution in [3.63, 3.8) is 0 Å². The van der Waals surface area contributed by atoms with Gasteiger partial charge in [-0.1, -0.05) is 13.8 Å². The molecule has 0 aliphatic rings. The molecule has 0 aliphatic carbocycles. The van der Waals surface area contributed by atoms with E-state index in [0.29, 0.717) is 0 Å². The van der Waals surface area contributed by atoms with Crippen molar-refractivity contribution in [1.82, 2.24) is 0 Å². The number of nitriles is 1. The average molecular weight is 326 g/mol. The summed E-state index contributed by atoms with van der Waals surface area (Å²) in [6.45, 7) is 3.27. The van der Waals surface area contributed by atoms with Crippen LogP contribution in [-0.4, -0.2) is 25.6 Å². The van der Waals surface area contributed by atoms with Gasteiger partial charge in [0.05, 0.1) is 15.9 Å². The first kappa shape index (κ1) is 17.6. The van der Waals surface area contributed by atoms with Gasteiger partial charge in [-0.3, -0.25) is 14.9 Å². The van der Waals surface area contributed by atoms with E-state index >= 15 is 0 Å². The molecule has 0 heterocycles. The molecule has 1 aromatic carbocycles. The smallest absolute Gasteiger partial charge is 0.329 e. The van der Waals surface area contributed by atoms with Crippen LogP contribution in [0.25, 0.3) is 0 Å². The monoisotopic (exact) mass is 326 g/mol. The molecule has 0 bridgehead atoms. The van der Waals surface area contributed by atoms with Gasteiger partial charge in [-0.15, -0.1) is 0 Å². The van der Waals surface area contributed by atoms with Gasteiger partial charge in [-0.25, -0.2) is 8.42 Å². The fraction of sp³-hybridized carbons (Fsp3) is 0.385. The molecule has 0 radical (unpaired) electrons. The Morgan fingerprint density at radius 1 is 1.41 bits per heavy atom. The lowest BCUT2D eigenvalue weighted by Gasteiger charge is -2.12. The summed E-state index contributed by atoms with van der Waals surface area (Å²) in [6, 6.07) is 4.71. The lowest BCUT2D eigenvalue weighted by atomic mass is 9.98. The summed E-state index contributed by atoms with van der Waals surface area (Å²) in [6.07, 6.45) is 0.905. The number of hydrogen-bond donors (Lipinski definition) is 0. The van der Waals surface area contributed by atoms with E-state index in [1.165, 1.54) is 0 Å². The summed E-state index contributed by atoms with van der Waals surface area (Å²) in [5.41, 5.74) is -0.656. The van der Waals surface area contributed by atoms with E-state index in [2.05, 4.69) is 0 Å². The third kappa shape index (κ3) is 4.02. The van der Waals surface area contributed by atoms with Gasteiger partial charge in [0.25, 0.3) is 0 Å². The molecule has 1 rings (SSSR count). The third-order valence-corrected chi connectivity index (χ3v) is 3.94. The van der Waals surface area contributed by atoms with Crippen LogP contribution in [0.4, 0.5) is 5.69 Å². The second-order valence-corrected chi connectivity index (χ2v) is 6.95. The summed E-state index contributed by atoms with van der Waals surface area (Å²) in [5, 5.41) is 19.9. The van der Waals surface area contributed by atoms with Crippen LogP contribution in [-0.2, 0) is 14.6 Å². The van der Waals surface area contributed by atoms with Crippen molar-refractivity contribution in [2.24, 2.45) is 11.8 Å². The van der Waals surface area contributed by atoms with Crippen LogP contribution in [0.1, 0.15) is 13.8 Å². The fourth-order valence-corrected chi connectivity index (χ4v) is 2.24. The summed E-state index contributed by atoms with van der Waals surface area (Å²) >= 11 is 0. The van der Waals surface area contributed by atoms with Gasteiger partial charge in [0, 0.05) is 12.3 Å². The molecule has 1 atom stereocenters. The van der Waals surface area contributed by atoms with Crippen LogP contribution >= 0.6 is 0 Å². The first-order chi connectivity index (χ1) is 10.1. The Balaban J connectivity index is 3.24. The molecule has 0 aliphatic heterocycles. The van der Waals surface area contributed by atoms with Gasteiger partial charge in [0.2, 0.25) is 5.75 Å². The van der Waals surface area contributed by atoms with Crippen LogP contribution in [0.2, 0.25) is 0 Å². The highest BCUT2D eigenvalue weighted by atomic mass is 32.2. The fourth-order valence-electron chi connectivity index (χ4n) is 1.60. The van der Waals surface area contributed by atoms with Crippen molar-refractivity contribution in [2.75, 3.05) is 6.26 Å². The molecule has 0 spiro atoms. The Morgan fingerprint density at radius 2 is 2.00 bits per heavy atom. The molecule has 118 valence electrons. The number of sulfone groups is 1. The Kier molecular flexibility index (Phi) is 5.22. The minimum Gasteiger partial charge on any atom is -0.418 e. The molecule has 22 heavy (non-hydrogen) atoms.